The lowest BCUT2D eigenvalue weighted by atomic mass is 9.83. The van der Waals surface area contributed by atoms with Crippen molar-refractivity contribution in [3.05, 3.63) is 17.8 Å². The summed E-state index contributed by atoms with van der Waals surface area (Å²) in [6, 6.07) is 1.90. The molecule has 23 heavy (non-hydrogen) atoms. The molecule has 128 valence electrons. The number of rotatable bonds is 7. The van der Waals surface area contributed by atoms with Gasteiger partial charge in [0, 0.05) is 12.2 Å². The molecule has 1 aromatic rings. The van der Waals surface area contributed by atoms with E-state index in [1.54, 1.807) is 6.20 Å². The third-order valence-corrected chi connectivity index (χ3v) is 4.23. The smallest absolute Gasteiger partial charge is 0.256 e. The summed E-state index contributed by atoms with van der Waals surface area (Å²) < 4.78 is 11.4. The molecule has 1 aromatic heterocycles. The fourth-order valence-electron chi connectivity index (χ4n) is 3.06. The summed E-state index contributed by atoms with van der Waals surface area (Å²) in [5.41, 5.74) is 0.935. The average Bonchev–Trinajstić information content (AvgIpc) is 2.55. The third-order valence-electron chi connectivity index (χ3n) is 4.23. The monoisotopic (exact) mass is 320 g/mol. The van der Waals surface area contributed by atoms with Crippen molar-refractivity contribution in [2.75, 3.05) is 18.5 Å². The van der Waals surface area contributed by atoms with Crippen molar-refractivity contribution in [3.8, 4) is 5.88 Å². The minimum atomic E-state index is -0.682. The van der Waals surface area contributed by atoms with Gasteiger partial charge in [0.1, 0.15) is 5.60 Å². The van der Waals surface area contributed by atoms with Crippen LogP contribution < -0.4 is 10.1 Å². The number of nitrogens with one attached hydrogen (secondary N) is 1. The summed E-state index contributed by atoms with van der Waals surface area (Å²) in [6.45, 7) is 7.13. The first-order valence-corrected chi connectivity index (χ1v) is 8.66. The Morgan fingerprint density at radius 2 is 2.04 bits per heavy atom. The fourth-order valence-corrected chi connectivity index (χ4v) is 3.06. The second kappa shape index (κ2) is 8.29. The second-order valence-electron chi connectivity index (χ2n) is 6.14. The van der Waals surface area contributed by atoms with E-state index in [1.807, 2.05) is 19.9 Å². The van der Waals surface area contributed by atoms with Gasteiger partial charge in [-0.25, -0.2) is 4.98 Å². The molecule has 0 bridgehead atoms. The zero-order valence-electron chi connectivity index (χ0n) is 14.5. The van der Waals surface area contributed by atoms with E-state index >= 15 is 0 Å². The summed E-state index contributed by atoms with van der Waals surface area (Å²) in [6.07, 6.45) is 7.41. The van der Waals surface area contributed by atoms with Gasteiger partial charge in [-0.05, 0) is 39.2 Å². The van der Waals surface area contributed by atoms with Gasteiger partial charge in [0.05, 0.1) is 18.5 Å². The SMILES string of the molecule is CCCOc1ncc(NC(=O)C2(OCC)CCCCC2)cc1C. The highest BCUT2D eigenvalue weighted by molar-refractivity contribution is 5.97. The van der Waals surface area contributed by atoms with Crippen LogP contribution in [0, 0.1) is 6.92 Å². The Kier molecular flexibility index (Phi) is 6.39. The van der Waals surface area contributed by atoms with E-state index in [1.165, 1.54) is 6.42 Å². The summed E-state index contributed by atoms with van der Waals surface area (Å²) in [4.78, 5) is 17.1. The first kappa shape index (κ1) is 17.7. The molecule has 0 atom stereocenters. The van der Waals surface area contributed by atoms with Gasteiger partial charge in [-0.2, -0.15) is 0 Å². The molecule has 1 heterocycles. The highest BCUT2D eigenvalue weighted by atomic mass is 16.5. The molecule has 0 aromatic carbocycles. The van der Waals surface area contributed by atoms with Gasteiger partial charge in [-0.15, -0.1) is 0 Å². The normalized spacial score (nSPS) is 16.8. The van der Waals surface area contributed by atoms with Crippen LogP contribution in [0.4, 0.5) is 5.69 Å². The van der Waals surface area contributed by atoms with Crippen LogP contribution in [0.2, 0.25) is 0 Å². The van der Waals surface area contributed by atoms with Crippen LogP contribution in [0.5, 0.6) is 5.88 Å². The van der Waals surface area contributed by atoms with Crippen molar-refractivity contribution in [2.45, 2.75) is 64.9 Å². The van der Waals surface area contributed by atoms with E-state index in [0.29, 0.717) is 24.8 Å². The van der Waals surface area contributed by atoms with Gasteiger partial charge in [0.25, 0.3) is 5.91 Å². The zero-order valence-corrected chi connectivity index (χ0v) is 14.5. The lowest BCUT2D eigenvalue weighted by Gasteiger charge is -2.35. The molecular weight excluding hydrogens is 292 g/mol. The highest BCUT2D eigenvalue weighted by Crippen LogP contribution is 2.33. The molecule has 1 saturated carbocycles. The molecule has 1 aliphatic rings. The predicted molar refractivity (Wildman–Crippen MR) is 90.8 cm³/mol. The second-order valence-corrected chi connectivity index (χ2v) is 6.14. The van der Waals surface area contributed by atoms with Crippen molar-refractivity contribution in [1.29, 1.82) is 0 Å². The summed E-state index contributed by atoms with van der Waals surface area (Å²) in [5.74, 6) is 0.574. The molecule has 5 nitrogen and oxygen atoms in total. The first-order chi connectivity index (χ1) is 11.1. The van der Waals surface area contributed by atoms with E-state index in [0.717, 1.165) is 37.7 Å². The predicted octanol–water partition coefficient (Wildman–Crippen LogP) is 3.86. The molecule has 1 fully saturated rings. The number of carbonyl (C=O) groups excluding carboxylic acids is 1. The molecule has 5 heteroatoms. The summed E-state index contributed by atoms with van der Waals surface area (Å²) in [7, 11) is 0. The average molecular weight is 320 g/mol. The van der Waals surface area contributed by atoms with Gasteiger partial charge in [-0.3, -0.25) is 4.79 Å². The maximum absolute atomic E-state index is 12.8. The van der Waals surface area contributed by atoms with Crippen molar-refractivity contribution in [1.82, 2.24) is 4.98 Å². The maximum Gasteiger partial charge on any atom is 0.256 e. The highest BCUT2D eigenvalue weighted by Gasteiger charge is 2.40. The minimum Gasteiger partial charge on any atom is -0.477 e. The lowest BCUT2D eigenvalue weighted by Crippen LogP contribution is -2.47. The van der Waals surface area contributed by atoms with E-state index in [-0.39, 0.29) is 5.91 Å². The molecular formula is C18H28N2O3. The number of amides is 1. The number of carbonyl (C=O) groups is 1. The quantitative estimate of drug-likeness (QED) is 0.829. The topological polar surface area (TPSA) is 60.5 Å². The van der Waals surface area contributed by atoms with Crippen molar-refractivity contribution >= 4 is 11.6 Å². The number of hydrogen-bond donors (Lipinski definition) is 1. The van der Waals surface area contributed by atoms with Gasteiger partial charge < -0.3 is 14.8 Å². The third kappa shape index (κ3) is 4.44. The molecule has 0 radical (unpaired) electrons. The number of aromatic nitrogens is 1. The van der Waals surface area contributed by atoms with Gasteiger partial charge in [0.2, 0.25) is 5.88 Å². The van der Waals surface area contributed by atoms with Crippen LogP contribution in [0.1, 0.15) is 57.9 Å². The Morgan fingerprint density at radius 1 is 1.30 bits per heavy atom. The number of ether oxygens (including phenoxy) is 2. The molecule has 0 unspecified atom stereocenters. The Morgan fingerprint density at radius 3 is 2.65 bits per heavy atom. The minimum absolute atomic E-state index is 0.0533. The Bertz CT molecular complexity index is 519. The standard InChI is InChI=1S/C18H28N2O3/c1-4-11-22-16-14(3)12-15(13-19-16)20-17(21)18(23-5-2)9-7-6-8-10-18/h12-13H,4-11H2,1-3H3,(H,20,21). The molecule has 1 aliphatic carbocycles. The van der Waals surface area contributed by atoms with Crippen LogP contribution in [0.25, 0.3) is 0 Å². The van der Waals surface area contributed by atoms with Crippen molar-refractivity contribution in [3.63, 3.8) is 0 Å². The number of hydrogen-bond acceptors (Lipinski definition) is 4. The molecule has 0 spiro atoms. The van der Waals surface area contributed by atoms with E-state index < -0.39 is 5.60 Å². The summed E-state index contributed by atoms with van der Waals surface area (Å²) in [5, 5.41) is 2.98. The van der Waals surface area contributed by atoms with Gasteiger partial charge >= 0.3 is 0 Å². The van der Waals surface area contributed by atoms with Crippen LogP contribution in [0.15, 0.2) is 12.3 Å². The van der Waals surface area contributed by atoms with Gasteiger partial charge in [-0.1, -0.05) is 26.2 Å². The van der Waals surface area contributed by atoms with E-state index in [9.17, 15) is 4.79 Å². The fraction of sp³-hybridized carbons (Fsp3) is 0.667. The Labute approximate surface area is 138 Å². The Balaban J connectivity index is 2.07. The van der Waals surface area contributed by atoms with Crippen LogP contribution >= 0.6 is 0 Å². The molecule has 0 aliphatic heterocycles. The largest absolute Gasteiger partial charge is 0.477 e. The zero-order chi connectivity index (χ0) is 16.7. The van der Waals surface area contributed by atoms with Crippen LogP contribution in [-0.4, -0.2) is 29.7 Å². The Hall–Kier alpha value is -1.62. The lowest BCUT2D eigenvalue weighted by molar-refractivity contribution is -0.145. The van der Waals surface area contributed by atoms with Crippen LogP contribution in [0.3, 0.4) is 0 Å². The number of pyridine rings is 1. The molecule has 2 rings (SSSR count). The maximum atomic E-state index is 12.8. The number of nitrogens with zero attached hydrogens (tertiary/aromatic N) is 1. The number of aryl methyl sites for hydroxylation is 1. The summed E-state index contributed by atoms with van der Waals surface area (Å²) >= 11 is 0. The molecule has 0 saturated heterocycles. The van der Waals surface area contributed by atoms with Crippen LogP contribution in [-0.2, 0) is 9.53 Å². The molecule has 1 N–H and O–H groups in total. The van der Waals surface area contributed by atoms with Gasteiger partial charge in [0.15, 0.2) is 0 Å². The first-order valence-electron chi connectivity index (χ1n) is 8.66. The van der Waals surface area contributed by atoms with Crippen molar-refractivity contribution in [2.24, 2.45) is 0 Å². The van der Waals surface area contributed by atoms with E-state index in [2.05, 4.69) is 17.2 Å². The van der Waals surface area contributed by atoms with Crippen molar-refractivity contribution < 1.29 is 14.3 Å². The number of anilines is 1. The van der Waals surface area contributed by atoms with E-state index in [4.69, 9.17) is 9.47 Å². The molecule has 1 amide bonds.